The summed E-state index contributed by atoms with van der Waals surface area (Å²) >= 11 is 0. The number of aryl methyl sites for hydroxylation is 1. The second kappa shape index (κ2) is 8.02. The first-order valence-electron chi connectivity index (χ1n) is 7.94. The summed E-state index contributed by atoms with van der Waals surface area (Å²) in [6.07, 6.45) is 8.71. The number of hydrogen-bond donors (Lipinski definition) is 3. The lowest BCUT2D eigenvalue weighted by Gasteiger charge is -2.20. The van der Waals surface area contributed by atoms with Crippen LogP contribution in [0.3, 0.4) is 0 Å². The number of aromatic nitrogens is 2. The fourth-order valence-corrected chi connectivity index (χ4v) is 2.64. The molecule has 1 aromatic rings. The molecule has 6 nitrogen and oxygen atoms in total. The summed E-state index contributed by atoms with van der Waals surface area (Å²) in [6.45, 7) is 5.09. The van der Waals surface area contributed by atoms with Crippen molar-refractivity contribution in [2.75, 3.05) is 19.6 Å². The first-order valence-corrected chi connectivity index (χ1v) is 7.94. The molecule has 1 saturated carbocycles. The van der Waals surface area contributed by atoms with Crippen LogP contribution in [0.2, 0.25) is 0 Å². The maximum Gasteiger partial charge on any atom is 0.191 e. The Morgan fingerprint density at radius 2 is 2.19 bits per heavy atom. The van der Waals surface area contributed by atoms with Crippen molar-refractivity contribution in [3.05, 3.63) is 18.5 Å². The van der Waals surface area contributed by atoms with E-state index >= 15 is 0 Å². The van der Waals surface area contributed by atoms with Gasteiger partial charge in [-0.25, -0.2) is 0 Å². The van der Waals surface area contributed by atoms with Gasteiger partial charge in [-0.15, -0.1) is 0 Å². The molecule has 0 atom stereocenters. The van der Waals surface area contributed by atoms with E-state index in [4.69, 9.17) is 0 Å². The van der Waals surface area contributed by atoms with E-state index in [2.05, 4.69) is 20.7 Å². The minimum Gasteiger partial charge on any atom is -0.388 e. The minimum atomic E-state index is -0.586. The largest absolute Gasteiger partial charge is 0.388 e. The third kappa shape index (κ3) is 5.38. The van der Waals surface area contributed by atoms with E-state index in [1.165, 1.54) is 0 Å². The van der Waals surface area contributed by atoms with Crippen molar-refractivity contribution < 1.29 is 5.11 Å². The molecule has 0 spiro atoms. The van der Waals surface area contributed by atoms with E-state index in [9.17, 15) is 5.11 Å². The second-order valence-corrected chi connectivity index (χ2v) is 5.68. The van der Waals surface area contributed by atoms with Gasteiger partial charge in [0.1, 0.15) is 0 Å². The molecule has 3 N–H and O–H groups in total. The van der Waals surface area contributed by atoms with Gasteiger partial charge in [0.15, 0.2) is 5.96 Å². The second-order valence-electron chi connectivity index (χ2n) is 5.68. The molecule has 0 unspecified atom stereocenters. The predicted octanol–water partition coefficient (Wildman–Crippen LogP) is 1.13. The number of nitrogens with zero attached hydrogens (tertiary/aromatic N) is 3. The fourth-order valence-electron chi connectivity index (χ4n) is 2.64. The lowest BCUT2D eigenvalue weighted by atomic mass is 10.0. The molecule has 1 aromatic heterocycles. The lowest BCUT2D eigenvalue weighted by molar-refractivity contribution is 0.0574. The van der Waals surface area contributed by atoms with Crippen molar-refractivity contribution in [2.45, 2.75) is 51.2 Å². The zero-order valence-electron chi connectivity index (χ0n) is 12.9. The van der Waals surface area contributed by atoms with Crippen LogP contribution in [0.15, 0.2) is 23.5 Å². The van der Waals surface area contributed by atoms with Crippen LogP contribution in [0.4, 0.5) is 0 Å². The van der Waals surface area contributed by atoms with Crippen LogP contribution >= 0.6 is 0 Å². The predicted molar refractivity (Wildman–Crippen MR) is 84.2 cm³/mol. The Morgan fingerprint density at radius 3 is 2.86 bits per heavy atom. The normalized spacial score (nSPS) is 17.9. The standard InChI is InChI=1S/C15H27N5O/c1-2-16-14(18-13-15(21)7-3-4-8-15)17-9-5-11-20-12-6-10-19-20/h6,10,12,21H,2-5,7-9,11,13H2,1H3,(H2,16,17,18). The van der Waals surface area contributed by atoms with Gasteiger partial charge >= 0.3 is 0 Å². The molecule has 0 saturated heterocycles. The molecular weight excluding hydrogens is 266 g/mol. The van der Waals surface area contributed by atoms with Crippen LogP contribution in [-0.4, -0.2) is 46.1 Å². The van der Waals surface area contributed by atoms with Crippen LogP contribution in [0.1, 0.15) is 39.0 Å². The maximum atomic E-state index is 10.3. The van der Waals surface area contributed by atoms with Gasteiger partial charge < -0.3 is 15.7 Å². The summed E-state index contributed by atoms with van der Waals surface area (Å²) in [7, 11) is 0. The van der Waals surface area contributed by atoms with Gasteiger partial charge in [-0.3, -0.25) is 9.67 Å². The molecule has 21 heavy (non-hydrogen) atoms. The first-order chi connectivity index (χ1) is 10.2. The van der Waals surface area contributed by atoms with Crippen molar-refractivity contribution >= 4 is 5.96 Å². The molecule has 118 valence electrons. The Bertz CT molecular complexity index is 423. The summed E-state index contributed by atoms with van der Waals surface area (Å²) in [6, 6.07) is 1.93. The van der Waals surface area contributed by atoms with Crippen molar-refractivity contribution in [1.82, 2.24) is 20.4 Å². The highest BCUT2D eigenvalue weighted by Gasteiger charge is 2.30. The summed E-state index contributed by atoms with van der Waals surface area (Å²) in [5.74, 6) is 0.790. The average molecular weight is 293 g/mol. The summed E-state index contributed by atoms with van der Waals surface area (Å²) in [4.78, 5) is 4.52. The number of guanidine groups is 1. The molecule has 6 heteroatoms. The van der Waals surface area contributed by atoms with Crippen molar-refractivity contribution in [1.29, 1.82) is 0 Å². The van der Waals surface area contributed by atoms with E-state index in [1.54, 1.807) is 6.20 Å². The Kier molecular flexibility index (Phi) is 6.04. The van der Waals surface area contributed by atoms with Gasteiger partial charge in [0.05, 0.1) is 12.1 Å². The number of hydrogen-bond acceptors (Lipinski definition) is 3. The highest BCUT2D eigenvalue weighted by Crippen LogP contribution is 2.29. The number of rotatable bonds is 7. The molecule has 0 radical (unpaired) electrons. The SMILES string of the molecule is CCNC(=NCC1(O)CCCC1)NCCCn1cccn1. The third-order valence-corrected chi connectivity index (χ3v) is 3.83. The number of nitrogens with one attached hydrogen (secondary N) is 2. The van der Waals surface area contributed by atoms with Gasteiger partial charge in [-0.05, 0) is 32.3 Å². The zero-order chi connectivity index (χ0) is 15.0. The minimum absolute atomic E-state index is 0.488. The van der Waals surface area contributed by atoms with Gasteiger partial charge in [0.25, 0.3) is 0 Å². The quantitative estimate of drug-likeness (QED) is 0.400. The smallest absolute Gasteiger partial charge is 0.191 e. The lowest BCUT2D eigenvalue weighted by Crippen LogP contribution is -2.40. The van der Waals surface area contributed by atoms with E-state index in [0.717, 1.165) is 57.7 Å². The van der Waals surface area contributed by atoms with Crippen molar-refractivity contribution in [3.63, 3.8) is 0 Å². The molecule has 1 aliphatic carbocycles. The Morgan fingerprint density at radius 1 is 1.38 bits per heavy atom. The Labute approximate surface area is 126 Å². The molecule has 2 rings (SSSR count). The molecule has 0 aliphatic heterocycles. The van der Waals surface area contributed by atoms with Crippen molar-refractivity contribution in [2.24, 2.45) is 4.99 Å². The van der Waals surface area contributed by atoms with E-state index in [1.807, 2.05) is 23.9 Å². The zero-order valence-corrected chi connectivity index (χ0v) is 12.9. The van der Waals surface area contributed by atoms with Crippen LogP contribution < -0.4 is 10.6 Å². The molecule has 0 amide bonds. The topological polar surface area (TPSA) is 74.5 Å². The van der Waals surface area contributed by atoms with Gasteiger partial charge in [0.2, 0.25) is 0 Å². The molecular formula is C15H27N5O. The van der Waals surface area contributed by atoms with Crippen LogP contribution in [0.5, 0.6) is 0 Å². The summed E-state index contributed by atoms with van der Waals surface area (Å²) in [5.41, 5.74) is -0.586. The fraction of sp³-hybridized carbons (Fsp3) is 0.733. The number of aliphatic imine (C=N–C) groups is 1. The van der Waals surface area contributed by atoms with Gasteiger partial charge in [-0.2, -0.15) is 5.10 Å². The Balaban J connectivity index is 1.72. The summed E-state index contributed by atoms with van der Waals surface area (Å²) < 4.78 is 1.92. The van der Waals surface area contributed by atoms with E-state index in [0.29, 0.717) is 6.54 Å². The summed E-state index contributed by atoms with van der Waals surface area (Å²) in [5, 5.41) is 21.0. The van der Waals surface area contributed by atoms with Crippen LogP contribution in [0.25, 0.3) is 0 Å². The van der Waals surface area contributed by atoms with Gasteiger partial charge in [0, 0.05) is 32.0 Å². The van der Waals surface area contributed by atoms with E-state index in [-0.39, 0.29) is 0 Å². The van der Waals surface area contributed by atoms with Gasteiger partial charge in [-0.1, -0.05) is 12.8 Å². The maximum absolute atomic E-state index is 10.3. The Hall–Kier alpha value is -1.56. The number of aliphatic hydroxyl groups is 1. The molecule has 1 fully saturated rings. The van der Waals surface area contributed by atoms with Crippen LogP contribution in [-0.2, 0) is 6.54 Å². The average Bonchev–Trinajstić information content (AvgIpc) is 3.13. The first kappa shape index (κ1) is 15.8. The molecule has 1 heterocycles. The molecule has 1 aliphatic rings. The highest BCUT2D eigenvalue weighted by atomic mass is 16.3. The van der Waals surface area contributed by atoms with Crippen LogP contribution in [0, 0.1) is 0 Å². The highest BCUT2D eigenvalue weighted by molar-refractivity contribution is 5.79. The van der Waals surface area contributed by atoms with E-state index < -0.39 is 5.60 Å². The monoisotopic (exact) mass is 293 g/mol. The third-order valence-electron chi connectivity index (χ3n) is 3.83. The molecule has 0 aromatic carbocycles. The van der Waals surface area contributed by atoms with Crippen molar-refractivity contribution in [3.8, 4) is 0 Å². The molecule has 0 bridgehead atoms.